The third-order valence-corrected chi connectivity index (χ3v) is 5.59. The van der Waals surface area contributed by atoms with Crippen LogP contribution < -0.4 is 10.6 Å². The van der Waals surface area contributed by atoms with Crippen LogP contribution in [0.4, 0.5) is 0 Å². The molecule has 0 spiro atoms. The standard InChI is InChI=1S/C20H31BrN4O/c1-22-20(23-10-13-26-15-17-2-3-17)24-19-8-11-25(12-9-19)14-16-4-6-18(21)7-5-16/h4-7,17,19H,2-3,8-15H2,1H3,(H2,22,23,24). The van der Waals surface area contributed by atoms with Gasteiger partial charge in [-0.2, -0.15) is 0 Å². The Hall–Kier alpha value is -1.11. The van der Waals surface area contributed by atoms with E-state index in [1.807, 2.05) is 7.05 Å². The molecule has 1 saturated heterocycles. The monoisotopic (exact) mass is 422 g/mol. The van der Waals surface area contributed by atoms with Crippen molar-refractivity contribution in [3.05, 3.63) is 34.3 Å². The summed E-state index contributed by atoms with van der Waals surface area (Å²) in [6.07, 6.45) is 4.99. The molecule has 1 heterocycles. The van der Waals surface area contributed by atoms with Crippen LogP contribution in [0.15, 0.2) is 33.7 Å². The van der Waals surface area contributed by atoms with Crippen LogP contribution in [0.25, 0.3) is 0 Å². The van der Waals surface area contributed by atoms with Crippen molar-refractivity contribution in [1.82, 2.24) is 15.5 Å². The molecule has 3 rings (SSSR count). The molecule has 0 bridgehead atoms. The van der Waals surface area contributed by atoms with Crippen molar-refractivity contribution in [2.45, 2.75) is 38.3 Å². The number of hydrogen-bond acceptors (Lipinski definition) is 3. The molecule has 0 unspecified atom stereocenters. The number of nitrogens with one attached hydrogen (secondary N) is 2. The van der Waals surface area contributed by atoms with E-state index >= 15 is 0 Å². The van der Waals surface area contributed by atoms with Crippen LogP contribution in [0.2, 0.25) is 0 Å². The summed E-state index contributed by atoms with van der Waals surface area (Å²) in [6.45, 7) is 5.76. The second-order valence-corrected chi connectivity index (χ2v) is 8.25. The van der Waals surface area contributed by atoms with E-state index < -0.39 is 0 Å². The molecule has 0 atom stereocenters. The van der Waals surface area contributed by atoms with E-state index in [0.29, 0.717) is 6.04 Å². The number of nitrogens with zero attached hydrogens (tertiary/aromatic N) is 2. The SMILES string of the molecule is CN=C(NCCOCC1CC1)NC1CCN(Cc2ccc(Br)cc2)CC1. The topological polar surface area (TPSA) is 48.9 Å². The first-order chi connectivity index (χ1) is 12.7. The predicted molar refractivity (Wildman–Crippen MR) is 110 cm³/mol. The van der Waals surface area contributed by atoms with Crippen LogP contribution in [-0.4, -0.2) is 56.8 Å². The molecule has 0 radical (unpaired) electrons. The molecule has 1 aliphatic heterocycles. The van der Waals surface area contributed by atoms with Gasteiger partial charge in [0.15, 0.2) is 5.96 Å². The van der Waals surface area contributed by atoms with E-state index in [-0.39, 0.29) is 0 Å². The Morgan fingerprint density at radius 3 is 2.58 bits per heavy atom. The fraction of sp³-hybridized carbons (Fsp3) is 0.650. The maximum Gasteiger partial charge on any atom is 0.191 e. The summed E-state index contributed by atoms with van der Waals surface area (Å²) in [5, 5.41) is 6.92. The lowest BCUT2D eigenvalue weighted by molar-refractivity contribution is 0.129. The van der Waals surface area contributed by atoms with E-state index in [4.69, 9.17) is 4.74 Å². The molecule has 144 valence electrons. The number of rotatable bonds is 8. The second kappa shape index (κ2) is 10.3. The van der Waals surface area contributed by atoms with Gasteiger partial charge < -0.3 is 15.4 Å². The van der Waals surface area contributed by atoms with Crippen molar-refractivity contribution in [2.24, 2.45) is 10.9 Å². The number of likely N-dealkylation sites (tertiary alicyclic amines) is 1. The summed E-state index contributed by atoms with van der Waals surface area (Å²) in [6, 6.07) is 9.13. The first kappa shape index (κ1) is 19.6. The first-order valence-corrected chi connectivity index (χ1v) is 10.5. The largest absolute Gasteiger partial charge is 0.379 e. The molecular weight excluding hydrogens is 392 g/mol. The van der Waals surface area contributed by atoms with Gasteiger partial charge in [-0.1, -0.05) is 28.1 Å². The lowest BCUT2D eigenvalue weighted by Crippen LogP contribution is -2.49. The zero-order valence-corrected chi connectivity index (χ0v) is 17.3. The Kier molecular flexibility index (Phi) is 7.77. The zero-order chi connectivity index (χ0) is 18.2. The van der Waals surface area contributed by atoms with Crippen molar-refractivity contribution in [3.8, 4) is 0 Å². The molecule has 1 aromatic rings. The Labute approximate surface area is 165 Å². The summed E-state index contributed by atoms with van der Waals surface area (Å²) in [5.41, 5.74) is 1.38. The van der Waals surface area contributed by atoms with Crippen LogP contribution in [0, 0.1) is 5.92 Å². The highest BCUT2D eigenvalue weighted by Crippen LogP contribution is 2.28. The summed E-state index contributed by atoms with van der Waals surface area (Å²) in [4.78, 5) is 6.87. The van der Waals surface area contributed by atoms with Gasteiger partial charge in [-0.15, -0.1) is 0 Å². The average molecular weight is 423 g/mol. The maximum absolute atomic E-state index is 5.67. The van der Waals surface area contributed by atoms with E-state index in [9.17, 15) is 0 Å². The van der Waals surface area contributed by atoms with Crippen molar-refractivity contribution < 1.29 is 4.74 Å². The van der Waals surface area contributed by atoms with Gasteiger partial charge in [0.1, 0.15) is 0 Å². The predicted octanol–water partition coefficient (Wildman–Crippen LogP) is 3.01. The fourth-order valence-electron chi connectivity index (χ4n) is 3.25. The third kappa shape index (κ3) is 6.89. The summed E-state index contributed by atoms with van der Waals surface area (Å²) < 4.78 is 6.81. The highest BCUT2D eigenvalue weighted by atomic mass is 79.9. The van der Waals surface area contributed by atoms with Crippen LogP contribution in [-0.2, 0) is 11.3 Å². The van der Waals surface area contributed by atoms with Gasteiger partial charge in [0, 0.05) is 50.3 Å². The minimum atomic E-state index is 0.495. The van der Waals surface area contributed by atoms with Crippen LogP contribution in [0.5, 0.6) is 0 Å². The molecule has 2 N–H and O–H groups in total. The van der Waals surface area contributed by atoms with Gasteiger partial charge in [0.05, 0.1) is 6.61 Å². The molecule has 1 aromatic carbocycles. The van der Waals surface area contributed by atoms with Crippen LogP contribution in [0.3, 0.4) is 0 Å². The molecule has 0 aromatic heterocycles. The second-order valence-electron chi connectivity index (χ2n) is 7.34. The Balaban J connectivity index is 1.30. The summed E-state index contributed by atoms with van der Waals surface area (Å²) in [5.74, 6) is 1.72. The highest BCUT2D eigenvalue weighted by molar-refractivity contribution is 9.10. The van der Waals surface area contributed by atoms with E-state index in [0.717, 1.165) is 68.6 Å². The van der Waals surface area contributed by atoms with Crippen LogP contribution >= 0.6 is 15.9 Å². The number of halogens is 1. The molecular formula is C20H31BrN4O. The third-order valence-electron chi connectivity index (χ3n) is 5.06. The number of piperidine rings is 1. The van der Waals surface area contributed by atoms with Gasteiger partial charge >= 0.3 is 0 Å². The van der Waals surface area contributed by atoms with Crippen LogP contribution in [0.1, 0.15) is 31.2 Å². The normalized spacial score (nSPS) is 19.5. The number of hydrogen-bond donors (Lipinski definition) is 2. The van der Waals surface area contributed by atoms with Crippen molar-refractivity contribution in [1.29, 1.82) is 0 Å². The molecule has 26 heavy (non-hydrogen) atoms. The minimum absolute atomic E-state index is 0.495. The molecule has 0 amide bonds. The summed E-state index contributed by atoms with van der Waals surface area (Å²) in [7, 11) is 1.84. The molecule has 1 aliphatic carbocycles. The lowest BCUT2D eigenvalue weighted by atomic mass is 10.0. The van der Waals surface area contributed by atoms with Gasteiger partial charge in [-0.25, -0.2) is 0 Å². The minimum Gasteiger partial charge on any atom is -0.379 e. The van der Waals surface area contributed by atoms with Crippen molar-refractivity contribution in [2.75, 3.05) is 39.9 Å². The molecule has 2 aliphatic rings. The van der Waals surface area contributed by atoms with Gasteiger partial charge in [0.2, 0.25) is 0 Å². The number of benzene rings is 1. The number of guanidine groups is 1. The molecule has 5 nitrogen and oxygen atoms in total. The Morgan fingerprint density at radius 2 is 1.92 bits per heavy atom. The van der Waals surface area contributed by atoms with Gasteiger partial charge in [-0.3, -0.25) is 9.89 Å². The smallest absolute Gasteiger partial charge is 0.191 e. The zero-order valence-electron chi connectivity index (χ0n) is 15.7. The molecule has 1 saturated carbocycles. The number of ether oxygens (including phenoxy) is 1. The quantitative estimate of drug-likeness (QED) is 0.384. The Morgan fingerprint density at radius 1 is 1.19 bits per heavy atom. The van der Waals surface area contributed by atoms with Crippen molar-refractivity contribution >= 4 is 21.9 Å². The van der Waals surface area contributed by atoms with Gasteiger partial charge in [0.25, 0.3) is 0 Å². The van der Waals surface area contributed by atoms with E-state index in [2.05, 4.69) is 60.7 Å². The van der Waals surface area contributed by atoms with E-state index in [1.54, 1.807) is 0 Å². The highest BCUT2D eigenvalue weighted by Gasteiger charge is 2.21. The number of aliphatic imine (C=N–C) groups is 1. The maximum atomic E-state index is 5.67. The Bertz CT molecular complexity index is 566. The van der Waals surface area contributed by atoms with Gasteiger partial charge in [-0.05, 0) is 49.3 Å². The molecule has 6 heteroatoms. The lowest BCUT2D eigenvalue weighted by Gasteiger charge is -2.33. The average Bonchev–Trinajstić information content (AvgIpc) is 3.48. The molecule has 2 fully saturated rings. The summed E-state index contributed by atoms with van der Waals surface area (Å²) >= 11 is 3.50. The first-order valence-electron chi connectivity index (χ1n) is 9.74. The van der Waals surface area contributed by atoms with Crippen molar-refractivity contribution in [3.63, 3.8) is 0 Å². The fourth-order valence-corrected chi connectivity index (χ4v) is 3.51. The van der Waals surface area contributed by atoms with E-state index in [1.165, 1.54) is 18.4 Å².